The molecule has 0 aliphatic heterocycles. The third-order valence-corrected chi connectivity index (χ3v) is 3.39. The summed E-state index contributed by atoms with van der Waals surface area (Å²) in [6.07, 6.45) is 3.06. The molecule has 0 atom stereocenters. The summed E-state index contributed by atoms with van der Waals surface area (Å²) < 4.78 is 1.08. The molecule has 3 rings (SSSR count). The van der Waals surface area contributed by atoms with Gasteiger partial charge in [0.05, 0.1) is 17.0 Å². The molecule has 0 bridgehead atoms. The number of benzene rings is 1. The maximum atomic E-state index is 6.17. The van der Waals surface area contributed by atoms with Crippen LogP contribution >= 0.6 is 34.2 Å². The molecular formula is C11H7ClIN5. The monoisotopic (exact) mass is 371 g/mol. The van der Waals surface area contributed by atoms with Gasteiger partial charge < -0.3 is 10.3 Å². The number of H-pyrrole nitrogens is 1. The summed E-state index contributed by atoms with van der Waals surface area (Å²) in [5.41, 5.74) is 2.17. The van der Waals surface area contributed by atoms with Gasteiger partial charge in [-0.25, -0.2) is 15.0 Å². The highest BCUT2D eigenvalue weighted by atomic mass is 127. The van der Waals surface area contributed by atoms with Gasteiger partial charge >= 0.3 is 0 Å². The standard InChI is InChI=1S/C11H7ClIN5/c12-7-3-6(13)1-2-8(7)18-11-9-10(15-4-14-9)16-5-17-11/h1-5H,(H2,14,15,16,17,18). The molecule has 2 N–H and O–H groups in total. The Morgan fingerprint density at radius 3 is 2.94 bits per heavy atom. The van der Waals surface area contributed by atoms with Crippen molar-refractivity contribution in [2.24, 2.45) is 0 Å². The van der Waals surface area contributed by atoms with Crippen LogP contribution in [-0.4, -0.2) is 19.9 Å². The Balaban J connectivity index is 2.03. The predicted octanol–water partition coefficient (Wildman–Crippen LogP) is 3.35. The minimum Gasteiger partial charge on any atom is -0.337 e. The Labute approximate surface area is 121 Å². The normalized spacial score (nSPS) is 10.8. The molecule has 18 heavy (non-hydrogen) atoms. The van der Waals surface area contributed by atoms with Crippen LogP contribution in [0, 0.1) is 3.57 Å². The number of fused-ring (bicyclic) bond motifs is 1. The highest BCUT2D eigenvalue weighted by Gasteiger charge is 2.08. The van der Waals surface area contributed by atoms with E-state index in [1.807, 2.05) is 18.2 Å². The van der Waals surface area contributed by atoms with Gasteiger partial charge in [-0.2, -0.15) is 0 Å². The molecule has 0 saturated carbocycles. The van der Waals surface area contributed by atoms with Crippen molar-refractivity contribution in [2.45, 2.75) is 0 Å². The number of anilines is 2. The molecule has 2 aromatic heterocycles. The molecule has 0 saturated heterocycles. The minimum atomic E-state index is 0.629. The fraction of sp³-hybridized carbons (Fsp3) is 0. The minimum absolute atomic E-state index is 0.629. The first-order valence-corrected chi connectivity index (χ1v) is 6.56. The van der Waals surface area contributed by atoms with Gasteiger partial charge in [0.2, 0.25) is 0 Å². The van der Waals surface area contributed by atoms with E-state index in [1.54, 1.807) is 6.33 Å². The first-order chi connectivity index (χ1) is 8.74. The van der Waals surface area contributed by atoms with Crippen LogP contribution in [-0.2, 0) is 0 Å². The number of nitrogens with one attached hydrogen (secondary N) is 2. The van der Waals surface area contributed by atoms with Crippen molar-refractivity contribution in [2.75, 3.05) is 5.32 Å². The highest BCUT2D eigenvalue weighted by Crippen LogP contribution is 2.28. The Morgan fingerprint density at radius 2 is 2.11 bits per heavy atom. The number of aromatic nitrogens is 4. The Bertz CT molecular complexity index is 711. The zero-order chi connectivity index (χ0) is 12.5. The van der Waals surface area contributed by atoms with Gasteiger partial charge in [0.15, 0.2) is 17.0 Å². The molecule has 0 radical (unpaired) electrons. The first kappa shape index (κ1) is 11.7. The lowest BCUT2D eigenvalue weighted by molar-refractivity contribution is 1.20. The van der Waals surface area contributed by atoms with Crippen molar-refractivity contribution in [3.63, 3.8) is 0 Å². The molecule has 1 aromatic carbocycles. The van der Waals surface area contributed by atoms with Crippen molar-refractivity contribution in [3.8, 4) is 0 Å². The second-order valence-corrected chi connectivity index (χ2v) is 5.22. The molecule has 90 valence electrons. The SMILES string of the molecule is Clc1cc(I)ccc1Nc1ncnc2[nH]cnc12. The molecule has 3 aromatic rings. The van der Waals surface area contributed by atoms with Crippen molar-refractivity contribution in [1.82, 2.24) is 19.9 Å². The number of hydrogen-bond acceptors (Lipinski definition) is 4. The van der Waals surface area contributed by atoms with Gasteiger partial charge in [-0.05, 0) is 40.8 Å². The molecule has 2 heterocycles. The summed E-state index contributed by atoms with van der Waals surface area (Å²) in [5, 5.41) is 3.80. The number of aromatic amines is 1. The average Bonchev–Trinajstić information content (AvgIpc) is 2.82. The van der Waals surface area contributed by atoms with Crippen LogP contribution < -0.4 is 5.32 Å². The van der Waals surface area contributed by atoms with Crippen LogP contribution in [0.5, 0.6) is 0 Å². The van der Waals surface area contributed by atoms with E-state index in [0.717, 1.165) is 9.26 Å². The second kappa shape index (κ2) is 4.69. The van der Waals surface area contributed by atoms with E-state index in [-0.39, 0.29) is 0 Å². The number of hydrogen-bond donors (Lipinski definition) is 2. The summed E-state index contributed by atoms with van der Waals surface area (Å²) in [6, 6.07) is 5.76. The molecule has 0 aliphatic rings. The number of rotatable bonds is 2. The fourth-order valence-corrected chi connectivity index (χ4v) is 2.48. The van der Waals surface area contributed by atoms with Gasteiger partial charge in [-0.15, -0.1) is 0 Å². The lowest BCUT2D eigenvalue weighted by atomic mass is 10.3. The first-order valence-electron chi connectivity index (χ1n) is 5.10. The van der Waals surface area contributed by atoms with E-state index in [4.69, 9.17) is 11.6 Å². The molecular weight excluding hydrogens is 365 g/mol. The molecule has 7 heteroatoms. The fourth-order valence-electron chi connectivity index (χ4n) is 1.57. The summed E-state index contributed by atoms with van der Waals surface area (Å²) >= 11 is 8.38. The van der Waals surface area contributed by atoms with E-state index >= 15 is 0 Å². The van der Waals surface area contributed by atoms with E-state index < -0.39 is 0 Å². The Hall–Kier alpha value is -1.41. The van der Waals surface area contributed by atoms with Crippen LogP contribution in [0.1, 0.15) is 0 Å². The maximum Gasteiger partial charge on any atom is 0.162 e. The Kier molecular flexibility index (Phi) is 3.04. The smallest absolute Gasteiger partial charge is 0.162 e. The van der Waals surface area contributed by atoms with Crippen molar-refractivity contribution in [3.05, 3.63) is 39.4 Å². The van der Waals surface area contributed by atoms with Crippen LogP contribution in [0.2, 0.25) is 5.02 Å². The Morgan fingerprint density at radius 1 is 1.22 bits per heavy atom. The molecule has 5 nitrogen and oxygen atoms in total. The summed E-state index contributed by atoms with van der Waals surface area (Å²) in [5.74, 6) is 0.629. The maximum absolute atomic E-state index is 6.17. The zero-order valence-corrected chi connectivity index (χ0v) is 11.9. The average molecular weight is 372 g/mol. The van der Waals surface area contributed by atoms with E-state index in [0.29, 0.717) is 22.0 Å². The van der Waals surface area contributed by atoms with E-state index in [2.05, 4.69) is 47.8 Å². The second-order valence-electron chi connectivity index (χ2n) is 3.57. The zero-order valence-electron chi connectivity index (χ0n) is 8.98. The number of halogens is 2. The topological polar surface area (TPSA) is 66.5 Å². The van der Waals surface area contributed by atoms with E-state index in [1.165, 1.54) is 6.33 Å². The number of nitrogens with zero attached hydrogens (tertiary/aromatic N) is 3. The van der Waals surface area contributed by atoms with Crippen molar-refractivity contribution in [1.29, 1.82) is 0 Å². The van der Waals surface area contributed by atoms with Gasteiger partial charge in [0.1, 0.15) is 6.33 Å². The molecule has 0 fully saturated rings. The van der Waals surface area contributed by atoms with Crippen LogP contribution in [0.25, 0.3) is 11.2 Å². The van der Waals surface area contributed by atoms with Gasteiger partial charge in [0.25, 0.3) is 0 Å². The lowest BCUT2D eigenvalue weighted by Gasteiger charge is -2.07. The van der Waals surface area contributed by atoms with Gasteiger partial charge in [-0.1, -0.05) is 11.6 Å². The third-order valence-electron chi connectivity index (χ3n) is 2.40. The summed E-state index contributed by atoms with van der Waals surface area (Å²) in [7, 11) is 0. The molecule has 0 spiro atoms. The van der Waals surface area contributed by atoms with Crippen molar-refractivity contribution >= 4 is 56.9 Å². The predicted molar refractivity (Wildman–Crippen MR) is 79.1 cm³/mol. The largest absolute Gasteiger partial charge is 0.337 e. The third kappa shape index (κ3) is 2.13. The quantitative estimate of drug-likeness (QED) is 0.678. The molecule has 0 aliphatic carbocycles. The molecule has 0 amide bonds. The summed E-state index contributed by atoms with van der Waals surface area (Å²) in [4.78, 5) is 15.4. The highest BCUT2D eigenvalue weighted by molar-refractivity contribution is 14.1. The summed E-state index contributed by atoms with van der Waals surface area (Å²) in [6.45, 7) is 0. The van der Waals surface area contributed by atoms with Gasteiger partial charge in [0, 0.05) is 3.57 Å². The van der Waals surface area contributed by atoms with E-state index in [9.17, 15) is 0 Å². The van der Waals surface area contributed by atoms with Crippen LogP contribution in [0.3, 0.4) is 0 Å². The lowest BCUT2D eigenvalue weighted by Crippen LogP contribution is -1.96. The van der Waals surface area contributed by atoms with Gasteiger partial charge in [-0.3, -0.25) is 0 Å². The number of imidazole rings is 1. The molecule has 0 unspecified atom stereocenters. The van der Waals surface area contributed by atoms with Crippen LogP contribution in [0.15, 0.2) is 30.9 Å². The van der Waals surface area contributed by atoms with Crippen molar-refractivity contribution < 1.29 is 0 Å². The van der Waals surface area contributed by atoms with Crippen LogP contribution in [0.4, 0.5) is 11.5 Å².